The Kier molecular flexibility index (Phi) is 4.68. The highest BCUT2D eigenvalue weighted by Gasteiger charge is 2.28. The molecule has 0 saturated carbocycles. The predicted molar refractivity (Wildman–Crippen MR) is 84.2 cm³/mol. The van der Waals surface area contributed by atoms with Crippen molar-refractivity contribution < 1.29 is 26.5 Å². The van der Waals surface area contributed by atoms with E-state index in [1.165, 1.54) is 0 Å². The number of alkyl halides is 3. The maximum Gasteiger partial charge on any atom is 0.405 e. The van der Waals surface area contributed by atoms with Crippen molar-refractivity contribution in [2.75, 3.05) is 22.9 Å². The highest BCUT2D eigenvalue weighted by atomic mass is 32.2. The summed E-state index contributed by atoms with van der Waals surface area (Å²) >= 11 is 0. The summed E-state index contributed by atoms with van der Waals surface area (Å²) < 4.78 is 59.6. The van der Waals surface area contributed by atoms with Crippen LogP contribution in [0.4, 0.5) is 24.5 Å². The molecule has 1 aromatic carbocycles. The van der Waals surface area contributed by atoms with Crippen LogP contribution < -0.4 is 21.4 Å². The van der Waals surface area contributed by atoms with E-state index in [-0.39, 0.29) is 10.2 Å². The standard InChI is InChI=1S/C11H10F3N5O6S/c1-26(24,25)17-18-9(20)5-2-7(15-4-11(12,13)14)8(19(22)23)3-6(5)16-10(18)21/h2-3,15,17H,4H2,1H3,(H,16,21). The summed E-state index contributed by atoms with van der Waals surface area (Å²) in [6.45, 7) is -1.61. The van der Waals surface area contributed by atoms with Gasteiger partial charge in [-0.25, -0.2) is 18.0 Å². The molecule has 0 aliphatic carbocycles. The summed E-state index contributed by atoms with van der Waals surface area (Å²) in [6, 6.07) is 1.42. The summed E-state index contributed by atoms with van der Waals surface area (Å²) in [5.41, 5.74) is -4.26. The number of aromatic nitrogens is 2. The van der Waals surface area contributed by atoms with Gasteiger partial charge in [0.05, 0.1) is 22.1 Å². The van der Waals surface area contributed by atoms with Gasteiger partial charge in [0, 0.05) is 6.07 Å². The zero-order valence-electron chi connectivity index (χ0n) is 12.7. The number of hydrogen-bond donors (Lipinski definition) is 3. The Hall–Kier alpha value is -3.10. The van der Waals surface area contributed by atoms with E-state index in [2.05, 4.69) is 0 Å². The smallest absolute Gasteiger partial charge is 0.371 e. The van der Waals surface area contributed by atoms with Crippen LogP contribution in [0.1, 0.15) is 0 Å². The Morgan fingerprint density at radius 1 is 1.31 bits per heavy atom. The molecule has 0 unspecified atom stereocenters. The Bertz CT molecular complexity index is 1100. The van der Waals surface area contributed by atoms with Gasteiger partial charge in [0.25, 0.3) is 11.2 Å². The van der Waals surface area contributed by atoms with Gasteiger partial charge in [0.2, 0.25) is 10.0 Å². The van der Waals surface area contributed by atoms with Gasteiger partial charge in [-0.05, 0) is 6.07 Å². The number of fused-ring (bicyclic) bond motifs is 1. The molecule has 0 amide bonds. The van der Waals surface area contributed by atoms with E-state index < -0.39 is 55.7 Å². The molecule has 11 nitrogen and oxygen atoms in total. The molecule has 26 heavy (non-hydrogen) atoms. The first-order valence-corrected chi connectivity index (χ1v) is 8.43. The topological polar surface area (TPSA) is 156 Å². The number of rotatable bonds is 5. The van der Waals surface area contributed by atoms with Crippen LogP contribution >= 0.6 is 0 Å². The third-order valence-corrected chi connectivity index (χ3v) is 3.46. The summed E-state index contributed by atoms with van der Waals surface area (Å²) in [6.07, 6.45) is -4.03. The van der Waals surface area contributed by atoms with Gasteiger partial charge in [-0.15, -0.1) is 0 Å². The van der Waals surface area contributed by atoms with Gasteiger partial charge in [0.15, 0.2) is 0 Å². The molecule has 0 atom stereocenters. The third-order valence-electron chi connectivity index (χ3n) is 2.95. The summed E-state index contributed by atoms with van der Waals surface area (Å²) in [5.74, 6) is 0. The maximum absolute atomic E-state index is 12.3. The van der Waals surface area contributed by atoms with E-state index in [9.17, 15) is 41.3 Å². The van der Waals surface area contributed by atoms with Crippen molar-refractivity contribution in [3.63, 3.8) is 0 Å². The van der Waals surface area contributed by atoms with Crippen molar-refractivity contribution >= 4 is 32.3 Å². The van der Waals surface area contributed by atoms with Crippen LogP contribution in [0.3, 0.4) is 0 Å². The van der Waals surface area contributed by atoms with E-state index in [0.29, 0.717) is 12.3 Å². The number of halogens is 3. The molecular formula is C11H10F3N5O6S. The van der Waals surface area contributed by atoms with Crippen LogP contribution in [0.15, 0.2) is 21.7 Å². The number of nitro groups is 1. The summed E-state index contributed by atoms with van der Waals surface area (Å²) in [7, 11) is -4.03. The molecule has 142 valence electrons. The maximum atomic E-state index is 12.3. The number of benzene rings is 1. The van der Waals surface area contributed by atoms with Gasteiger partial charge < -0.3 is 10.3 Å². The van der Waals surface area contributed by atoms with Crippen molar-refractivity contribution in [3.8, 4) is 0 Å². The molecule has 0 saturated heterocycles. The number of nitrogens with zero attached hydrogens (tertiary/aromatic N) is 2. The number of hydrogen-bond acceptors (Lipinski definition) is 7. The molecule has 0 aliphatic heterocycles. The Labute approximate surface area is 141 Å². The molecule has 1 heterocycles. The van der Waals surface area contributed by atoms with E-state index in [0.717, 1.165) is 6.07 Å². The molecule has 15 heteroatoms. The second-order valence-electron chi connectivity index (χ2n) is 5.07. The van der Waals surface area contributed by atoms with E-state index >= 15 is 0 Å². The van der Waals surface area contributed by atoms with Crippen LogP contribution in [0.5, 0.6) is 0 Å². The molecule has 0 bridgehead atoms. The Morgan fingerprint density at radius 3 is 2.42 bits per heavy atom. The predicted octanol–water partition coefficient (Wildman–Crippen LogP) is 0.0753. The van der Waals surface area contributed by atoms with Crippen LogP contribution in [0.2, 0.25) is 0 Å². The Morgan fingerprint density at radius 2 is 1.92 bits per heavy atom. The zero-order valence-corrected chi connectivity index (χ0v) is 13.6. The van der Waals surface area contributed by atoms with Crippen LogP contribution in [0.25, 0.3) is 10.9 Å². The number of aromatic amines is 1. The fourth-order valence-corrected chi connectivity index (χ4v) is 2.49. The lowest BCUT2D eigenvalue weighted by Crippen LogP contribution is -2.43. The first-order chi connectivity index (χ1) is 11.8. The lowest BCUT2D eigenvalue weighted by atomic mass is 10.2. The molecule has 0 aliphatic rings. The molecule has 2 aromatic rings. The first kappa shape index (κ1) is 19.2. The fraction of sp³-hybridized carbons (Fsp3) is 0.273. The number of nitrogens with one attached hydrogen (secondary N) is 3. The van der Waals surface area contributed by atoms with Gasteiger partial charge in [-0.2, -0.15) is 17.8 Å². The van der Waals surface area contributed by atoms with Gasteiger partial charge in [-0.1, -0.05) is 0 Å². The minimum Gasteiger partial charge on any atom is -0.371 e. The number of sulfonamides is 1. The zero-order chi connectivity index (χ0) is 19.9. The van der Waals surface area contributed by atoms with Gasteiger partial charge in [-0.3, -0.25) is 14.9 Å². The van der Waals surface area contributed by atoms with Crippen LogP contribution in [-0.2, 0) is 10.0 Å². The average Bonchev–Trinajstić information content (AvgIpc) is 2.47. The second kappa shape index (κ2) is 6.32. The fourth-order valence-electron chi connectivity index (χ4n) is 1.99. The molecule has 1 aromatic heterocycles. The molecule has 3 N–H and O–H groups in total. The van der Waals surface area contributed by atoms with Crippen molar-refractivity contribution in [2.24, 2.45) is 0 Å². The van der Waals surface area contributed by atoms with E-state index in [4.69, 9.17) is 0 Å². The molecular weight excluding hydrogens is 387 g/mol. The molecule has 0 spiro atoms. The minimum atomic E-state index is -4.69. The molecule has 0 radical (unpaired) electrons. The van der Waals surface area contributed by atoms with Crippen LogP contribution in [0, 0.1) is 10.1 Å². The van der Waals surface area contributed by atoms with Crippen molar-refractivity contribution in [1.82, 2.24) is 9.66 Å². The summed E-state index contributed by atoms with van der Waals surface area (Å²) in [4.78, 5) is 37.8. The van der Waals surface area contributed by atoms with Crippen molar-refractivity contribution in [1.29, 1.82) is 0 Å². The largest absolute Gasteiger partial charge is 0.405 e. The second-order valence-corrected chi connectivity index (χ2v) is 6.80. The van der Waals surface area contributed by atoms with Crippen LogP contribution in [-0.4, -0.2) is 42.0 Å². The Balaban J connectivity index is 2.73. The lowest BCUT2D eigenvalue weighted by Gasteiger charge is -2.11. The normalized spacial score (nSPS) is 12.2. The van der Waals surface area contributed by atoms with Crippen molar-refractivity contribution in [3.05, 3.63) is 43.1 Å². The third kappa shape index (κ3) is 4.29. The lowest BCUT2D eigenvalue weighted by molar-refractivity contribution is -0.383. The quantitative estimate of drug-likeness (QED) is 0.476. The SMILES string of the molecule is CS(=O)(=O)Nn1c(=O)[nH]c2cc([N+](=O)[O-])c(NCC(F)(F)F)cc2c1=O. The summed E-state index contributed by atoms with van der Waals surface area (Å²) in [5, 5.41) is 12.4. The number of anilines is 1. The number of nitro benzene ring substituents is 1. The average molecular weight is 397 g/mol. The highest BCUT2D eigenvalue weighted by Crippen LogP contribution is 2.29. The van der Waals surface area contributed by atoms with Gasteiger partial charge in [0.1, 0.15) is 12.2 Å². The van der Waals surface area contributed by atoms with Crippen molar-refractivity contribution in [2.45, 2.75) is 6.18 Å². The monoisotopic (exact) mass is 397 g/mol. The van der Waals surface area contributed by atoms with E-state index in [1.807, 2.05) is 4.98 Å². The number of H-pyrrole nitrogens is 1. The van der Waals surface area contributed by atoms with Gasteiger partial charge >= 0.3 is 11.9 Å². The first-order valence-electron chi connectivity index (χ1n) is 6.54. The molecule has 0 fully saturated rings. The highest BCUT2D eigenvalue weighted by molar-refractivity contribution is 7.91. The van der Waals surface area contributed by atoms with E-state index in [1.54, 1.807) is 10.1 Å². The molecule has 2 rings (SSSR count). The minimum absolute atomic E-state index is 0.0804.